The van der Waals surface area contributed by atoms with Gasteiger partial charge in [0.05, 0.1) is 0 Å². The van der Waals surface area contributed by atoms with E-state index in [4.69, 9.17) is 10.5 Å². The molecule has 2 aromatic rings. The van der Waals surface area contributed by atoms with Crippen LogP contribution in [0.3, 0.4) is 0 Å². The highest BCUT2D eigenvalue weighted by Crippen LogP contribution is 2.27. The summed E-state index contributed by atoms with van der Waals surface area (Å²) < 4.78 is 5.96. The highest BCUT2D eigenvalue weighted by Gasteiger charge is 2.22. The Balaban J connectivity index is 1.65. The third-order valence-corrected chi connectivity index (χ3v) is 4.77. The van der Waals surface area contributed by atoms with Crippen molar-refractivity contribution >= 4 is 0 Å². The first kappa shape index (κ1) is 17.0. The second kappa shape index (κ2) is 8.32. The quantitative estimate of drug-likeness (QED) is 0.813. The number of hydrogen-bond donors (Lipinski definition) is 1. The van der Waals surface area contributed by atoms with Crippen LogP contribution >= 0.6 is 0 Å². The van der Waals surface area contributed by atoms with E-state index >= 15 is 0 Å². The lowest BCUT2D eigenvalue weighted by Crippen LogP contribution is -2.31. The Morgan fingerprint density at radius 2 is 1.54 bits per heavy atom. The van der Waals surface area contributed by atoms with Gasteiger partial charge in [0.2, 0.25) is 0 Å². The summed E-state index contributed by atoms with van der Waals surface area (Å²) in [4.78, 5) is 2.49. The fraction of sp³-hybridized carbons (Fsp3) is 0.429. The molecule has 0 amide bonds. The Morgan fingerprint density at radius 1 is 0.958 bits per heavy atom. The summed E-state index contributed by atoms with van der Waals surface area (Å²) in [5, 5.41) is 0. The zero-order chi connectivity index (χ0) is 16.8. The number of benzene rings is 2. The molecule has 2 aromatic carbocycles. The first-order chi connectivity index (χ1) is 11.8. The van der Waals surface area contributed by atoms with Gasteiger partial charge in [-0.25, -0.2) is 0 Å². The molecule has 0 saturated carbocycles. The molecule has 3 rings (SSSR count). The lowest BCUT2D eigenvalue weighted by atomic mass is 10.1. The van der Waals surface area contributed by atoms with Crippen LogP contribution in [-0.4, -0.2) is 24.5 Å². The third kappa shape index (κ3) is 4.16. The second-order valence-electron chi connectivity index (χ2n) is 6.56. The van der Waals surface area contributed by atoms with Gasteiger partial charge in [0.1, 0.15) is 11.5 Å². The van der Waals surface area contributed by atoms with Crippen LogP contribution in [0.1, 0.15) is 43.4 Å². The molecule has 2 N–H and O–H groups in total. The van der Waals surface area contributed by atoms with E-state index in [0.29, 0.717) is 12.6 Å². The molecule has 128 valence electrons. The monoisotopic (exact) mass is 324 g/mol. The molecular weight excluding hydrogens is 296 g/mol. The summed E-state index contributed by atoms with van der Waals surface area (Å²) in [5.41, 5.74) is 8.65. The number of hydrogen-bond acceptors (Lipinski definition) is 3. The van der Waals surface area contributed by atoms with Crippen molar-refractivity contribution in [2.75, 3.05) is 19.6 Å². The van der Waals surface area contributed by atoms with Gasteiger partial charge in [0.15, 0.2) is 0 Å². The number of aryl methyl sites for hydroxylation is 1. The van der Waals surface area contributed by atoms with Crippen molar-refractivity contribution < 1.29 is 4.74 Å². The van der Waals surface area contributed by atoms with Crippen LogP contribution < -0.4 is 10.5 Å². The first-order valence-electron chi connectivity index (χ1n) is 9.11. The largest absolute Gasteiger partial charge is 0.457 e. The van der Waals surface area contributed by atoms with Gasteiger partial charge >= 0.3 is 0 Å². The van der Waals surface area contributed by atoms with Gasteiger partial charge in [-0.3, -0.25) is 4.90 Å². The molecule has 1 aliphatic heterocycles. The minimum Gasteiger partial charge on any atom is -0.457 e. The van der Waals surface area contributed by atoms with E-state index in [1.54, 1.807) is 0 Å². The van der Waals surface area contributed by atoms with E-state index in [0.717, 1.165) is 31.0 Å². The van der Waals surface area contributed by atoms with Gasteiger partial charge in [-0.2, -0.15) is 0 Å². The van der Waals surface area contributed by atoms with Crippen LogP contribution in [0.2, 0.25) is 0 Å². The molecule has 0 bridgehead atoms. The lowest BCUT2D eigenvalue weighted by molar-refractivity contribution is 0.251. The van der Waals surface area contributed by atoms with Gasteiger partial charge in [-0.05, 0) is 67.7 Å². The average molecular weight is 324 g/mol. The summed E-state index contributed by atoms with van der Waals surface area (Å²) in [6.45, 7) is 5.18. The normalized spacial score (nSPS) is 16.2. The molecule has 1 fully saturated rings. The van der Waals surface area contributed by atoms with Crippen molar-refractivity contribution in [3.05, 3.63) is 59.7 Å². The molecule has 1 unspecified atom stereocenters. The van der Waals surface area contributed by atoms with Crippen LogP contribution in [0.4, 0.5) is 0 Å². The fourth-order valence-electron chi connectivity index (χ4n) is 3.46. The van der Waals surface area contributed by atoms with Gasteiger partial charge in [0, 0.05) is 12.6 Å². The molecule has 0 radical (unpaired) electrons. The summed E-state index contributed by atoms with van der Waals surface area (Å²) >= 11 is 0. The topological polar surface area (TPSA) is 38.5 Å². The van der Waals surface area contributed by atoms with E-state index in [-0.39, 0.29) is 0 Å². The molecule has 0 aliphatic carbocycles. The van der Waals surface area contributed by atoms with Crippen molar-refractivity contribution in [2.24, 2.45) is 5.73 Å². The van der Waals surface area contributed by atoms with Crippen LogP contribution in [0.5, 0.6) is 11.5 Å². The SMILES string of the molecule is CCCc1ccc(Oc2ccc(C(CN)N3CCCC3)cc2)cc1. The van der Waals surface area contributed by atoms with Crippen molar-refractivity contribution in [3.63, 3.8) is 0 Å². The molecule has 1 aliphatic rings. The smallest absolute Gasteiger partial charge is 0.127 e. The Kier molecular flexibility index (Phi) is 5.89. The number of ether oxygens (including phenoxy) is 1. The zero-order valence-electron chi connectivity index (χ0n) is 14.6. The average Bonchev–Trinajstić information content (AvgIpc) is 3.13. The highest BCUT2D eigenvalue weighted by molar-refractivity contribution is 5.35. The van der Waals surface area contributed by atoms with Crippen LogP contribution in [0.15, 0.2) is 48.5 Å². The fourth-order valence-corrected chi connectivity index (χ4v) is 3.46. The lowest BCUT2D eigenvalue weighted by Gasteiger charge is -2.26. The maximum Gasteiger partial charge on any atom is 0.127 e. The molecule has 0 spiro atoms. The van der Waals surface area contributed by atoms with Gasteiger partial charge < -0.3 is 10.5 Å². The minimum atomic E-state index is 0.329. The minimum absolute atomic E-state index is 0.329. The van der Waals surface area contributed by atoms with Gasteiger partial charge in [-0.1, -0.05) is 37.6 Å². The standard InChI is InChI=1S/C21H28N2O/c1-2-5-17-6-10-19(11-7-17)24-20-12-8-18(9-13-20)21(16-22)23-14-3-4-15-23/h6-13,21H,2-5,14-16,22H2,1H3. The molecule has 0 aromatic heterocycles. The van der Waals surface area contributed by atoms with E-state index in [9.17, 15) is 0 Å². The molecular formula is C21H28N2O. The Labute approximate surface area is 145 Å². The predicted octanol–water partition coefficient (Wildman–Crippen LogP) is 4.53. The molecule has 3 nitrogen and oxygen atoms in total. The molecule has 1 saturated heterocycles. The van der Waals surface area contributed by atoms with E-state index in [2.05, 4.69) is 36.1 Å². The third-order valence-electron chi connectivity index (χ3n) is 4.77. The second-order valence-corrected chi connectivity index (χ2v) is 6.56. The molecule has 24 heavy (non-hydrogen) atoms. The van der Waals surface area contributed by atoms with Crippen molar-refractivity contribution in [2.45, 2.75) is 38.6 Å². The van der Waals surface area contributed by atoms with Crippen molar-refractivity contribution in [3.8, 4) is 11.5 Å². The maximum absolute atomic E-state index is 6.01. The van der Waals surface area contributed by atoms with E-state index in [1.807, 2.05) is 24.3 Å². The van der Waals surface area contributed by atoms with E-state index in [1.165, 1.54) is 30.4 Å². The zero-order valence-corrected chi connectivity index (χ0v) is 14.6. The summed E-state index contributed by atoms with van der Waals surface area (Å²) in [5.74, 6) is 1.76. The van der Waals surface area contributed by atoms with Crippen LogP contribution in [0.25, 0.3) is 0 Å². The number of rotatable bonds is 7. The summed E-state index contributed by atoms with van der Waals surface area (Å²) in [7, 11) is 0. The van der Waals surface area contributed by atoms with Crippen LogP contribution in [0, 0.1) is 0 Å². The summed E-state index contributed by atoms with van der Waals surface area (Å²) in [6.07, 6.45) is 4.85. The van der Waals surface area contributed by atoms with Crippen LogP contribution in [-0.2, 0) is 6.42 Å². The summed E-state index contributed by atoms with van der Waals surface area (Å²) in [6, 6.07) is 17.1. The Bertz CT molecular complexity index is 615. The number of nitrogens with zero attached hydrogens (tertiary/aromatic N) is 1. The molecule has 1 atom stereocenters. The first-order valence-corrected chi connectivity index (χ1v) is 9.11. The Hall–Kier alpha value is -1.84. The van der Waals surface area contributed by atoms with Gasteiger partial charge in [0.25, 0.3) is 0 Å². The van der Waals surface area contributed by atoms with E-state index < -0.39 is 0 Å². The Morgan fingerprint density at radius 3 is 2.08 bits per heavy atom. The van der Waals surface area contributed by atoms with Gasteiger partial charge in [-0.15, -0.1) is 0 Å². The van der Waals surface area contributed by atoms with Crippen molar-refractivity contribution in [1.29, 1.82) is 0 Å². The number of nitrogens with two attached hydrogens (primary N) is 1. The number of likely N-dealkylation sites (tertiary alicyclic amines) is 1. The maximum atomic E-state index is 6.01. The molecule has 1 heterocycles. The highest BCUT2D eigenvalue weighted by atomic mass is 16.5. The molecule has 3 heteroatoms. The van der Waals surface area contributed by atoms with Crippen molar-refractivity contribution in [1.82, 2.24) is 4.90 Å². The predicted molar refractivity (Wildman–Crippen MR) is 99.6 cm³/mol.